The van der Waals surface area contributed by atoms with Crippen LogP contribution in [0.15, 0.2) is 45.8 Å². The average Bonchev–Trinajstić information content (AvgIpc) is 2.93. The van der Waals surface area contributed by atoms with Gasteiger partial charge >= 0.3 is 11.9 Å². The van der Waals surface area contributed by atoms with Gasteiger partial charge in [0.05, 0.1) is 24.3 Å². The van der Waals surface area contributed by atoms with Gasteiger partial charge in [-0.15, -0.1) is 0 Å². The Balaban J connectivity index is 0.000000287. The summed E-state index contributed by atoms with van der Waals surface area (Å²) in [6.07, 6.45) is 2.30. The second-order valence-electron chi connectivity index (χ2n) is 8.02. The topological polar surface area (TPSA) is 107 Å². The molecule has 0 amide bonds. The molecule has 2 aromatic carbocycles. The van der Waals surface area contributed by atoms with E-state index >= 15 is 0 Å². The lowest BCUT2D eigenvalue weighted by molar-refractivity contribution is -0.137. The maximum absolute atomic E-state index is 13.6. The number of esters is 2. The molecule has 0 radical (unpaired) electrons. The molecule has 13 heteroatoms. The first-order valence-corrected chi connectivity index (χ1v) is 12.4. The lowest BCUT2D eigenvalue weighted by Crippen LogP contribution is -2.21. The molecule has 41 heavy (non-hydrogen) atoms. The first kappa shape index (κ1) is 32.7. The number of ether oxygens (including phenoxy) is 2. The molecule has 0 bridgehead atoms. The Bertz CT molecular complexity index is 1570. The molecule has 0 fully saturated rings. The number of carbonyl (C=O) groups excluding carboxylic acids is 2. The van der Waals surface area contributed by atoms with Crippen molar-refractivity contribution in [2.45, 2.75) is 34.2 Å². The van der Waals surface area contributed by atoms with Crippen molar-refractivity contribution in [3.8, 4) is 0 Å². The van der Waals surface area contributed by atoms with Crippen LogP contribution < -0.4 is 5.43 Å². The van der Waals surface area contributed by atoms with Crippen LogP contribution in [-0.2, 0) is 20.8 Å². The quantitative estimate of drug-likeness (QED) is 0.0939. The minimum atomic E-state index is -1.40. The number of pyridine rings is 1. The van der Waals surface area contributed by atoms with Gasteiger partial charge in [-0.1, -0.05) is 0 Å². The highest BCUT2D eigenvalue weighted by Crippen LogP contribution is 2.23. The van der Waals surface area contributed by atoms with E-state index < -0.39 is 63.3 Å². The Morgan fingerprint density at radius 2 is 1.44 bits per heavy atom. The molecular formula is C28H27F5N2O6. The molecule has 1 heterocycles. The van der Waals surface area contributed by atoms with Gasteiger partial charge in [-0.3, -0.25) is 9.79 Å². The van der Waals surface area contributed by atoms with Gasteiger partial charge in [0.2, 0.25) is 5.43 Å². The summed E-state index contributed by atoms with van der Waals surface area (Å²) in [4.78, 5) is 39.4. The van der Waals surface area contributed by atoms with E-state index in [1.807, 2.05) is 0 Å². The van der Waals surface area contributed by atoms with Crippen LogP contribution in [0.4, 0.5) is 22.0 Å². The van der Waals surface area contributed by atoms with E-state index in [1.54, 1.807) is 27.7 Å². The van der Waals surface area contributed by atoms with Crippen LogP contribution in [0, 0.1) is 29.1 Å². The third-order valence-corrected chi connectivity index (χ3v) is 5.38. The van der Waals surface area contributed by atoms with Gasteiger partial charge in [-0.2, -0.15) is 0 Å². The van der Waals surface area contributed by atoms with Gasteiger partial charge in [0.15, 0.2) is 23.3 Å². The van der Waals surface area contributed by atoms with E-state index in [0.29, 0.717) is 19.2 Å². The number of nitrogens with zero attached hydrogens (tertiary/aromatic N) is 2. The Morgan fingerprint density at radius 1 is 0.854 bits per heavy atom. The Labute approximate surface area is 231 Å². The first-order chi connectivity index (χ1) is 19.4. The third-order valence-electron chi connectivity index (χ3n) is 5.38. The molecule has 8 nitrogen and oxygen atoms in total. The molecule has 0 aliphatic carbocycles. The second kappa shape index (κ2) is 14.7. The van der Waals surface area contributed by atoms with Gasteiger partial charge in [0, 0.05) is 43.0 Å². The Hall–Kier alpha value is -4.55. The van der Waals surface area contributed by atoms with Crippen LogP contribution in [-0.4, -0.2) is 47.6 Å². The molecule has 0 unspecified atom stereocenters. The van der Waals surface area contributed by atoms with Gasteiger partial charge in [-0.25, -0.2) is 31.5 Å². The van der Waals surface area contributed by atoms with Crippen molar-refractivity contribution in [1.29, 1.82) is 0 Å². The van der Waals surface area contributed by atoms with Crippen molar-refractivity contribution < 1.29 is 46.1 Å². The molecule has 3 rings (SSSR count). The average molecular weight is 583 g/mol. The molecule has 220 valence electrons. The van der Waals surface area contributed by atoms with Crippen LogP contribution in [0.1, 0.15) is 43.6 Å². The standard InChI is InChI=1S/C14H14F3NO3.C14H13F2NO3/c1-3-18-7-9(14(20)21-4-2)13(19)8-5-11(16)12(17)6-10(8)15;1-3-17-7-9(14(19)20-4-2)13(18)8-5-10(15)11(16)6-12(8)17/h5-7,19H,3-4H2,1-2H3;5-7H,3-4H2,1-2H3. The van der Waals surface area contributed by atoms with Crippen LogP contribution in [0.3, 0.4) is 0 Å². The van der Waals surface area contributed by atoms with Crippen molar-refractivity contribution in [2.24, 2.45) is 4.99 Å². The first-order valence-electron chi connectivity index (χ1n) is 12.4. The Morgan fingerprint density at radius 3 is 2.02 bits per heavy atom. The molecule has 1 N–H and O–H groups in total. The molecule has 0 saturated heterocycles. The molecule has 0 aliphatic rings. The predicted octanol–water partition coefficient (Wildman–Crippen LogP) is 5.50. The lowest BCUT2D eigenvalue weighted by atomic mass is 10.1. The van der Waals surface area contributed by atoms with E-state index in [9.17, 15) is 41.4 Å². The fourth-order valence-corrected chi connectivity index (χ4v) is 3.45. The number of rotatable bonds is 8. The number of carbonyl (C=O) groups is 2. The maximum Gasteiger partial charge on any atom is 0.343 e. The van der Waals surface area contributed by atoms with E-state index in [4.69, 9.17) is 9.47 Å². The molecule has 0 spiro atoms. The van der Waals surface area contributed by atoms with Gasteiger partial charge < -0.3 is 19.1 Å². The highest BCUT2D eigenvalue weighted by molar-refractivity contribution is 6.15. The van der Waals surface area contributed by atoms with Crippen LogP contribution in [0.5, 0.6) is 0 Å². The highest BCUT2D eigenvalue weighted by atomic mass is 19.2. The number of aryl methyl sites for hydroxylation is 1. The smallest absolute Gasteiger partial charge is 0.343 e. The Kier molecular flexibility index (Phi) is 11.7. The van der Waals surface area contributed by atoms with Crippen molar-refractivity contribution in [3.05, 3.63) is 86.5 Å². The van der Waals surface area contributed by atoms with Crippen LogP contribution in [0.2, 0.25) is 0 Å². The second-order valence-corrected chi connectivity index (χ2v) is 8.02. The normalized spacial score (nSPS) is 11.6. The summed E-state index contributed by atoms with van der Waals surface area (Å²) in [5.74, 6) is -8.72. The number of aliphatic hydroxyl groups excluding tert-OH is 1. The summed E-state index contributed by atoms with van der Waals surface area (Å²) in [6, 6.07) is 2.49. The van der Waals surface area contributed by atoms with Crippen LogP contribution in [0.25, 0.3) is 16.7 Å². The van der Waals surface area contributed by atoms with Gasteiger partial charge in [0.25, 0.3) is 0 Å². The minimum Gasteiger partial charge on any atom is -0.506 e. The summed E-state index contributed by atoms with van der Waals surface area (Å²) in [6.45, 7) is 7.45. The van der Waals surface area contributed by atoms with E-state index in [-0.39, 0.29) is 35.7 Å². The summed E-state index contributed by atoms with van der Waals surface area (Å²) in [7, 11) is 0. The predicted molar refractivity (Wildman–Crippen MR) is 141 cm³/mol. The maximum atomic E-state index is 13.6. The molecule has 3 aromatic rings. The van der Waals surface area contributed by atoms with Crippen molar-refractivity contribution in [1.82, 2.24) is 4.57 Å². The van der Waals surface area contributed by atoms with Crippen molar-refractivity contribution in [2.75, 3.05) is 19.8 Å². The third kappa shape index (κ3) is 7.77. The van der Waals surface area contributed by atoms with Crippen molar-refractivity contribution >= 4 is 34.8 Å². The van der Waals surface area contributed by atoms with E-state index in [2.05, 4.69) is 4.99 Å². The number of benzene rings is 2. The highest BCUT2D eigenvalue weighted by Gasteiger charge is 2.21. The monoisotopic (exact) mass is 582 g/mol. The number of hydrogen-bond acceptors (Lipinski definition) is 7. The minimum absolute atomic E-state index is 0.0237. The van der Waals surface area contributed by atoms with Crippen LogP contribution >= 0.6 is 0 Å². The summed E-state index contributed by atoms with van der Waals surface area (Å²) >= 11 is 0. The molecule has 0 saturated carbocycles. The zero-order chi connectivity index (χ0) is 30.9. The molecule has 1 aromatic heterocycles. The number of halogens is 5. The van der Waals surface area contributed by atoms with Gasteiger partial charge in [-0.05, 0) is 39.8 Å². The molecule has 0 atom stereocenters. The molecule has 0 aliphatic heterocycles. The SMILES string of the molecule is CCN=CC(C(=O)OCC)=C(O)c1cc(F)c(F)cc1F.CCOC(=O)c1cn(CC)c2cc(F)c(F)cc2c1=O. The van der Waals surface area contributed by atoms with Crippen molar-refractivity contribution in [3.63, 3.8) is 0 Å². The summed E-state index contributed by atoms with van der Waals surface area (Å²) < 4.78 is 77.2. The number of fused-ring (bicyclic) bond motifs is 1. The fraction of sp³-hybridized carbons (Fsp3) is 0.286. The summed E-state index contributed by atoms with van der Waals surface area (Å²) in [5.41, 5.74) is -1.71. The van der Waals surface area contributed by atoms with Gasteiger partial charge in [0.1, 0.15) is 22.7 Å². The molecular weight excluding hydrogens is 555 g/mol. The zero-order valence-corrected chi connectivity index (χ0v) is 22.6. The fourth-order valence-electron chi connectivity index (χ4n) is 3.45. The largest absolute Gasteiger partial charge is 0.506 e. The summed E-state index contributed by atoms with van der Waals surface area (Å²) in [5, 5.41) is 9.91. The number of aliphatic imine (C=N–C) groups is 1. The van der Waals surface area contributed by atoms with E-state index in [0.717, 1.165) is 18.3 Å². The van der Waals surface area contributed by atoms with E-state index in [1.165, 1.54) is 10.8 Å². The zero-order valence-electron chi connectivity index (χ0n) is 22.6. The number of aliphatic hydroxyl groups is 1. The number of hydrogen-bond donors (Lipinski definition) is 1. The number of aromatic nitrogens is 1. The lowest BCUT2D eigenvalue weighted by Gasteiger charge is -2.11.